The van der Waals surface area contributed by atoms with Crippen molar-refractivity contribution >= 4 is 29.0 Å². The number of fused-ring (bicyclic) bond motifs is 1. The van der Waals surface area contributed by atoms with Gasteiger partial charge < -0.3 is 15.4 Å². The molecule has 4 N–H and O–H groups in total. The van der Waals surface area contributed by atoms with Crippen LogP contribution in [0, 0.1) is 0 Å². The lowest BCUT2D eigenvalue weighted by molar-refractivity contribution is 0.0942. The van der Waals surface area contributed by atoms with E-state index in [-0.39, 0.29) is 29.6 Å². The summed E-state index contributed by atoms with van der Waals surface area (Å²) in [6.07, 6.45) is 9.54. The molecule has 4 heterocycles. The highest BCUT2D eigenvalue weighted by molar-refractivity contribution is 7.17. The number of H-pyrrole nitrogens is 2. The Labute approximate surface area is 196 Å². The first-order valence-corrected chi connectivity index (χ1v) is 12.1. The summed E-state index contributed by atoms with van der Waals surface area (Å²) in [6.45, 7) is 0. The molecule has 174 valence electrons. The van der Waals surface area contributed by atoms with Crippen molar-refractivity contribution in [1.29, 1.82) is 0 Å². The van der Waals surface area contributed by atoms with Gasteiger partial charge in [0.05, 0.1) is 22.0 Å². The summed E-state index contributed by atoms with van der Waals surface area (Å²) in [7, 11) is 0. The lowest BCUT2D eigenvalue weighted by Crippen LogP contribution is -2.31. The maximum absolute atomic E-state index is 12.7. The summed E-state index contributed by atoms with van der Waals surface area (Å²) in [5.41, 5.74) is 0.625. The fraction of sp³-hybridized carbons (Fsp3) is 0.364. The molecule has 4 aromatic rings. The summed E-state index contributed by atoms with van der Waals surface area (Å²) in [5.74, 6) is 0.105. The Hall–Kier alpha value is -3.80. The molecule has 1 amide bonds. The molecular weight excluding hydrogens is 456 g/mol. The van der Waals surface area contributed by atoms with Gasteiger partial charge in [-0.2, -0.15) is 14.6 Å². The van der Waals surface area contributed by atoms with E-state index >= 15 is 0 Å². The van der Waals surface area contributed by atoms with E-state index in [1.807, 2.05) is 6.07 Å². The number of aromatic nitrogens is 6. The van der Waals surface area contributed by atoms with Crippen LogP contribution in [0.1, 0.15) is 53.9 Å². The summed E-state index contributed by atoms with van der Waals surface area (Å²) in [5, 5.41) is 18.0. The fourth-order valence-corrected chi connectivity index (χ4v) is 4.94. The molecule has 6 rings (SSSR count). The molecule has 0 spiro atoms. The van der Waals surface area contributed by atoms with Crippen molar-refractivity contribution in [2.45, 2.75) is 50.6 Å². The van der Waals surface area contributed by atoms with Crippen molar-refractivity contribution in [3.63, 3.8) is 0 Å². The molecule has 0 unspecified atom stereocenters. The van der Waals surface area contributed by atoms with E-state index in [2.05, 4.69) is 30.4 Å². The fourth-order valence-electron chi connectivity index (χ4n) is 4.10. The Morgan fingerprint density at radius 3 is 2.76 bits per heavy atom. The monoisotopic (exact) mass is 478 g/mol. The van der Waals surface area contributed by atoms with E-state index in [1.54, 1.807) is 22.9 Å². The van der Waals surface area contributed by atoms with Gasteiger partial charge in [0.1, 0.15) is 5.69 Å². The minimum Gasteiger partial charge on any atom is -0.493 e. The van der Waals surface area contributed by atoms with Crippen molar-refractivity contribution in [2.24, 2.45) is 4.99 Å². The molecule has 2 aliphatic carbocycles. The Bertz CT molecular complexity index is 1570. The van der Waals surface area contributed by atoms with Crippen LogP contribution in [0.4, 0.5) is 0 Å². The molecule has 34 heavy (non-hydrogen) atoms. The van der Waals surface area contributed by atoms with Crippen LogP contribution in [-0.2, 0) is 0 Å². The van der Waals surface area contributed by atoms with Gasteiger partial charge in [0.15, 0.2) is 11.5 Å². The van der Waals surface area contributed by atoms with Crippen LogP contribution in [-0.4, -0.2) is 52.6 Å². The van der Waals surface area contributed by atoms with Gasteiger partial charge in [-0.05, 0) is 43.9 Å². The highest BCUT2D eigenvalue weighted by atomic mass is 32.1. The third-order valence-corrected chi connectivity index (χ3v) is 7.08. The maximum Gasteiger partial charge on any atom is 0.326 e. The molecule has 12 heteroatoms. The number of thiophene rings is 1. The topological polar surface area (TPSA) is 153 Å². The highest BCUT2D eigenvalue weighted by Crippen LogP contribution is 2.26. The number of carbonyl (C=O) groups excluding carboxylic acids is 1. The molecule has 0 atom stereocenters. The van der Waals surface area contributed by atoms with Gasteiger partial charge in [-0.1, -0.05) is 12.8 Å². The van der Waals surface area contributed by atoms with Crippen LogP contribution in [0.15, 0.2) is 28.1 Å². The normalized spacial score (nSPS) is 17.8. The number of hydrogen-bond donors (Lipinski definition) is 4. The third-order valence-electron chi connectivity index (χ3n) is 6.00. The number of aromatic hydroxyl groups is 1. The number of aromatic amines is 2. The molecule has 0 bridgehead atoms. The van der Waals surface area contributed by atoms with Crippen LogP contribution in [0.3, 0.4) is 0 Å². The Morgan fingerprint density at radius 2 is 2.03 bits per heavy atom. The standard InChI is InChI=1S/C22H22N8O3S/c31-19-14(26-22(33)29-19)9-11-10-23-30-18(11)27-17(28-21(30)25-13-5-6-13)15-7-8-16(34-15)20(32)24-12-3-1-2-4-12/h7-10,12-13,31H,1-6H2,(H,24,32)(H2,26,29,33)/b11-9-,25-21?. The first-order chi connectivity index (χ1) is 16.5. The summed E-state index contributed by atoms with van der Waals surface area (Å²) >= 11 is 1.34. The van der Waals surface area contributed by atoms with E-state index < -0.39 is 5.69 Å². The minimum atomic E-state index is -0.512. The van der Waals surface area contributed by atoms with Gasteiger partial charge in [0.25, 0.3) is 5.91 Å². The maximum atomic E-state index is 12.7. The van der Waals surface area contributed by atoms with E-state index in [4.69, 9.17) is 4.98 Å². The van der Waals surface area contributed by atoms with Gasteiger partial charge in [-0.25, -0.2) is 14.8 Å². The van der Waals surface area contributed by atoms with Crippen LogP contribution in [0.2, 0.25) is 0 Å². The van der Waals surface area contributed by atoms with Gasteiger partial charge in [0, 0.05) is 11.3 Å². The Morgan fingerprint density at radius 1 is 1.21 bits per heavy atom. The minimum absolute atomic E-state index is 0.0719. The van der Waals surface area contributed by atoms with Crippen molar-refractivity contribution < 1.29 is 9.90 Å². The Balaban J connectivity index is 1.43. The molecule has 0 saturated heterocycles. The average Bonchev–Trinajstić information content (AvgIpc) is 3.24. The lowest BCUT2D eigenvalue weighted by Gasteiger charge is -2.10. The van der Waals surface area contributed by atoms with Crippen LogP contribution in [0.25, 0.3) is 22.4 Å². The number of nitrogens with one attached hydrogen (secondary N) is 3. The summed E-state index contributed by atoms with van der Waals surface area (Å²) < 4.78 is 1.55. The van der Waals surface area contributed by atoms with Crippen molar-refractivity contribution in [3.05, 3.63) is 50.2 Å². The summed E-state index contributed by atoms with van der Waals surface area (Å²) in [4.78, 5) is 44.4. The van der Waals surface area contributed by atoms with Gasteiger partial charge in [-0.3, -0.25) is 9.78 Å². The summed E-state index contributed by atoms with van der Waals surface area (Å²) in [6, 6.07) is 4.09. The quantitative estimate of drug-likeness (QED) is 0.334. The Kier molecular flexibility index (Phi) is 5.01. The number of nitrogens with zero attached hydrogens (tertiary/aromatic N) is 5. The second kappa shape index (κ2) is 8.20. The number of hydrogen-bond acceptors (Lipinski definition) is 8. The van der Waals surface area contributed by atoms with E-state index in [0.717, 1.165) is 43.4 Å². The number of amides is 1. The van der Waals surface area contributed by atoms with Crippen LogP contribution < -0.4 is 21.8 Å². The van der Waals surface area contributed by atoms with E-state index in [9.17, 15) is 14.7 Å². The molecule has 2 saturated carbocycles. The van der Waals surface area contributed by atoms with E-state index in [0.29, 0.717) is 27.2 Å². The smallest absolute Gasteiger partial charge is 0.326 e. The first-order valence-electron chi connectivity index (χ1n) is 11.3. The molecular formula is C22H22N8O3S. The largest absolute Gasteiger partial charge is 0.493 e. The van der Waals surface area contributed by atoms with Gasteiger partial charge in [-0.15, -0.1) is 11.3 Å². The number of imidazole rings is 1. The predicted octanol–water partition coefficient (Wildman–Crippen LogP) is 0.858. The van der Waals surface area contributed by atoms with Crippen molar-refractivity contribution in [1.82, 2.24) is 34.9 Å². The molecule has 11 nitrogen and oxygen atoms in total. The zero-order valence-electron chi connectivity index (χ0n) is 18.1. The molecule has 0 aromatic carbocycles. The second-order valence-corrected chi connectivity index (χ2v) is 9.73. The van der Waals surface area contributed by atoms with Crippen LogP contribution >= 0.6 is 11.3 Å². The molecule has 0 aliphatic heterocycles. The molecule has 4 aromatic heterocycles. The van der Waals surface area contributed by atoms with Crippen molar-refractivity contribution in [2.75, 3.05) is 0 Å². The molecule has 0 radical (unpaired) electrons. The molecule has 2 aliphatic rings. The highest BCUT2D eigenvalue weighted by Gasteiger charge is 2.22. The lowest BCUT2D eigenvalue weighted by atomic mass is 10.2. The second-order valence-electron chi connectivity index (χ2n) is 8.65. The van der Waals surface area contributed by atoms with Crippen molar-refractivity contribution in [3.8, 4) is 16.6 Å². The SMILES string of the molecule is O=C(NC1CCCC1)c1ccc(-c2nc(=NC3CC3)n3nc/c(=C/c4[nH]c(=O)[nH]c4O)c3n2)s1. The number of carbonyl (C=O) groups is 1. The third kappa shape index (κ3) is 4.00. The zero-order chi connectivity index (χ0) is 23.2. The zero-order valence-corrected chi connectivity index (χ0v) is 18.9. The van der Waals surface area contributed by atoms with Gasteiger partial charge >= 0.3 is 5.69 Å². The number of rotatable bonds is 5. The predicted molar refractivity (Wildman–Crippen MR) is 124 cm³/mol. The van der Waals surface area contributed by atoms with E-state index in [1.165, 1.54) is 11.3 Å². The van der Waals surface area contributed by atoms with Gasteiger partial charge in [0.2, 0.25) is 11.5 Å². The van der Waals surface area contributed by atoms with Crippen LogP contribution in [0.5, 0.6) is 5.88 Å². The average molecular weight is 479 g/mol. The molecule has 2 fully saturated rings. The first kappa shape index (κ1) is 20.8.